The standard InChI is InChI=1S/C26H35Cl2N3O4S/c1-8-22(25(33)29-26(4,5)6)30(15-19-11-12-20(27)21(28)14-19)24(32)16-31(36(7,34)35)23-13-17(2)9-10-18(23)3/h9-14,22H,8,15-16H2,1-7H3,(H,29,33)/t22-/m0/s1. The molecule has 0 saturated heterocycles. The second-order valence-electron chi connectivity index (χ2n) is 9.99. The summed E-state index contributed by atoms with van der Waals surface area (Å²) < 4.78 is 26.7. The van der Waals surface area contributed by atoms with Gasteiger partial charge in [-0.3, -0.25) is 13.9 Å². The van der Waals surface area contributed by atoms with Crippen LogP contribution in [0.5, 0.6) is 0 Å². The minimum atomic E-state index is -3.81. The molecule has 0 fully saturated rings. The Labute approximate surface area is 224 Å². The summed E-state index contributed by atoms with van der Waals surface area (Å²) in [5.74, 6) is -0.834. The van der Waals surface area contributed by atoms with E-state index in [9.17, 15) is 18.0 Å². The lowest BCUT2D eigenvalue weighted by atomic mass is 10.1. The third-order valence-electron chi connectivity index (χ3n) is 5.53. The molecule has 36 heavy (non-hydrogen) atoms. The number of sulfonamides is 1. The van der Waals surface area contributed by atoms with Gasteiger partial charge in [0.2, 0.25) is 21.8 Å². The molecule has 0 unspecified atom stereocenters. The third kappa shape index (κ3) is 8.11. The monoisotopic (exact) mass is 555 g/mol. The van der Waals surface area contributed by atoms with Crippen LogP contribution in [0.25, 0.3) is 0 Å². The number of hydrogen-bond acceptors (Lipinski definition) is 4. The first-order chi connectivity index (χ1) is 16.5. The fraction of sp³-hybridized carbons (Fsp3) is 0.462. The van der Waals surface area contributed by atoms with Crippen molar-refractivity contribution in [1.29, 1.82) is 0 Å². The zero-order valence-corrected chi connectivity index (χ0v) is 24.2. The summed E-state index contributed by atoms with van der Waals surface area (Å²) in [7, 11) is -3.81. The molecule has 0 radical (unpaired) electrons. The maximum Gasteiger partial charge on any atom is 0.244 e. The number of halogens is 2. The number of amides is 2. The fourth-order valence-corrected chi connectivity index (χ4v) is 5.01. The molecular formula is C26H35Cl2N3O4S. The molecule has 2 aromatic carbocycles. The second-order valence-corrected chi connectivity index (χ2v) is 12.7. The van der Waals surface area contributed by atoms with Crippen LogP contribution in [0, 0.1) is 13.8 Å². The number of carbonyl (C=O) groups excluding carboxylic acids is 2. The van der Waals surface area contributed by atoms with Crippen LogP contribution in [0.15, 0.2) is 36.4 Å². The first-order valence-electron chi connectivity index (χ1n) is 11.6. The van der Waals surface area contributed by atoms with Gasteiger partial charge < -0.3 is 10.2 Å². The molecule has 0 spiro atoms. The smallest absolute Gasteiger partial charge is 0.244 e. The minimum absolute atomic E-state index is 0.0518. The highest BCUT2D eigenvalue weighted by atomic mass is 35.5. The molecule has 0 aliphatic carbocycles. The Morgan fingerprint density at radius 3 is 2.19 bits per heavy atom. The van der Waals surface area contributed by atoms with Crippen molar-refractivity contribution in [1.82, 2.24) is 10.2 Å². The molecule has 0 aliphatic heterocycles. The van der Waals surface area contributed by atoms with Crippen molar-refractivity contribution in [3.8, 4) is 0 Å². The lowest BCUT2D eigenvalue weighted by Crippen LogP contribution is -2.55. The number of rotatable bonds is 9. The highest BCUT2D eigenvalue weighted by Crippen LogP contribution is 2.26. The first-order valence-corrected chi connectivity index (χ1v) is 14.2. The lowest BCUT2D eigenvalue weighted by Gasteiger charge is -2.34. The van der Waals surface area contributed by atoms with Crippen LogP contribution in [0.1, 0.15) is 50.8 Å². The molecule has 1 N–H and O–H groups in total. The molecule has 10 heteroatoms. The van der Waals surface area contributed by atoms with Crippen molar-refractivity contribution in [3.05, 3.63) is 63.1 Å². The van der Waals surface area contributed by atoms with Crippen molar-refractivity contribution >= 4 is 50.7 Å². The van der Waals surface area contributed by atoms with Crippen molar-refractivity contribution in [3.63, 3.8) is 0 Å². The van der Waals surface area contributed by atoms with E-state index in [1.165, 1.54) is 4.90 Å². The summed E-state index contributed by atoms with van der Waals surface area (Å²) in [4.78, 5) is 28.4. The Kier molecular flexibility index (Phi) is 9.84. The predicted molar refractivity (Wildman–Crippen MR) is 147 cm³/mol. The Morgan fingerprint density at radius 2 is 1.67 bits per heavy atom. The average molecular weight is 557 g/mol. The van der Waals surface area contributed by atoms with E-state index in [1.807, 2.05) is 39.8 Å². The van der Waals surface area contributed by atoms with Gasteiger partial charge in [0.15, 0.2) is 0 Å². The van der Waals surface area contributed by atoms with E-state index in [1.54, 1.807) is 38.1 Å². The van der Waals surface area contributed by atoms with Crippen LogP contribution in [-0.4, -0.2) is 49.5 Å². The summed E-state index contributed by atoms with van der Waals surface area (Å²) >= 11 is 12.3. The number of aryl methyl sites for hydroxylation is 2. The maximum atomic E-state index is 13.8. The van der Waals surface area contributed by atoms with Crippen LogP contribution in [0.2, 0.25) is 10.0 Å². The molecule has 7 nitrogen and oxygen atoms in total. The van der Waals surface area contributed by atoms with E-state index >= 15 is 0 Å². The molecule has 198 valence electrons. The Hall–Kier alpha value is -2.29. The SMILES string of the molecule is CC[C@@H](C(=O)NC(C)(C)C)N(Cc1ccc(Cl)c(Cl)c1)C(=O)CN(c1cc(C)ccc1C)S(C)(=O)=O. The summed E-state index contributed by atoms with van der Waals surface area (Å²) in [6.45, 7) is 10.6. The van der Waals surface area contributed by atoms with Gasteiger partial charge in [-0.2, -0.15) is 0 Å². The second kappa shape index (κ2) is 11.8. The molecule has 2 aromatic rings. The molecule has 2 amide bonds. The van der Waals surface area contributed by atoms with Crippen LogP contribution in [0.3, 0.4) is 0 Å². The van der Waals surface area contributed by atoms with E-state index in [0.717, 1.165) is 16.1 Å². The summed E-state index contributed by atoms with van der Waals surface area (Å²) in [6.07, 6.45) is 1.40. The van der Waals surface area contributed by atoms with Gasteiger partial charge in [0, 0.05) is 12.1 Å². The van der Waals surface area contributed by atoms with E-state index in [0.29, 0.717) is 33.3 Å². The van der Waals surface area contributed by atoms with Crippen molar-refractivity contribution in [2.75, 3.05) is 17.1 Å². The number of benzene rings is 2. The highest BCUT2D eigenvalue weighted by Gasteiger charge is 2.33. The van der Waals surface area contributed by atoms with E-state index in [-0.39, 0.29) is 12.5 Å². The van der Waals surface area contributed by atoms with Crippen LogP contribution in [0.4, 0.5) is 5.69 Å². The normalized spacial score (nSPS) is 12.7. The number of anilines is 1. The molecule has 0 aromatic heterocycles. The third-order valence-corrected chi connectivity index (χ3v) is 7.40. The van der Waals surface area contributed by atoms with Gasteiger partial charge in [0.1, 0.15) is 12.6 Å². The minimum Gasteiger partial charge on any atom is -0.350 e. The van der Waals surface area contributed by atoms with E-state index in [2.05, 4.69) is 5.32 Å². The zero-order valence-electron chi connectivity index (χ0n) is 21.9. The largest absolute Gasteiger partial charge is 0.350 e. The van der Waals surface area contributed by atoms with Gasteiger partial charge in [0.25, 0.3) is 0 Å². The maximum absolute atomic E-state index is 13.8. The Balaban J connectivity index is 2.53. The molecule has 2 rings (SSSR count). The van der Waals surface area contributed by atoms with Crippen molar-refractivity contribution < 1.29 is 18.0 Å². The Morgan fingerprint density at radius 1 is 1.03 bits per heavy atom. The number of hydrogen-bond donors (Lipinski definition) is 1. The van der Waals surface area contributed by atoms with Gasteiger partial charge in [0.05, 0.1) is 22.0 Å². The summed E-state index contributed by atoms with van der Waals surface area (Å²) in [5, 5.41) is 3.62. The Bertz CT molecular complexity index is 1230. The van der Waals surface area contributed by atoms with Gasteiger partial charge in [-0.05, 0) is 75.9 Å². The molecule has 1 atom stereocenters. The molecule has 0 aliphatic rings. The molecular weight excluding hydrogens is 521 g/mol. The van der Waals surface area contributed by atoms with Gasteiger partial charge in [-0.25, -0.2) is 8.42 Å². The lowest BCUT2D eigenvalue weighted by molar-refractivity contribution is -0.141. The molecule has 0 heterocycles. The number of nitrogens with zero attached hydrogens (tertiary/aromatic N) is 2. The van der Waals surface area contributed by atoms with E-state index in [4.69, 9.17) is 23.2 Å². The van der Waals surface area contributed by atoms with Crippen LogP contribution >= 0.6 is 23.2 Å². The quantitative estimate of drug-likeness (QED) is 0.466. The molecule has 0 bridgehead atoms. The van der Waals surface area contributed by atoms with Gasteiger partial charge in [-0.15, -0.1) is 0 Å². The van der Waals surface area contributed by atoms with Crippen LogP contribution < -0.4 is 9.62 Å². The summed E-state index contributed by atoms with van der Waals surface area (Å²) in [5.41, 5.74) is 2.15. The summed E-state index contributed by atoms with van der Waals surface area (Å²) in [6, 6.07) is 9.58. The predicted octanol–water partition coefficient (Wildman–Crippen LogP) is 5.10. The number of nitrogens with one attached hydrogen (secondary N) is 1. The topological polar surface area (TPSA) is 86.8 Å². The van der Waals surface area contributed by atoms with Crippen molar-refractivity contribution in [2.45, 2.75) is 66.1 Å². The van der Waals surface area contributed by atoms with E-state index < -0.39 is 34.1 Å². The van der Waals surface area contributed by atoms with Crippen molar-refractivity contribution in [2.24, 2.45) is 0 Å². The van der Waals surface area contributed by atoms with Gasteiger partial charge in [-0.1, -0.05) is 48.3 Å². The first kappa shape index (κ1) is 29.9. The fourth-order valence-electron chi connectivity index (χ4n) is 3.79. The highest BCUT2D eigenvalue weighted by molar-refractivity contribution is 7.92. The number of carbonyl (C=O) groups is 2. The molecule has 0 saturated carbocycles. The van der Waals surface area contributed by atoms with Crippen LogP contribution in [-0.2, 0) is 26.2 Å². The van der Waals surface area contributed by atoms with Gasteiger partial charge >= 0.3 is 0 Å². The average Bonchev–Trinajstić information content (AvgIpc) is 2.74. The zero-order chi connectivity index (χ0) is 27.4.